The molecule has 5 nitrogen and oxygen atoms in total. The second kappa shape index (κ2) is 3.26. The SMILES string of the molecule is O=C1Nc2cc(Cl)c(Cl)cc2S(=O)(=O)N1. The van der Waals surface area contributed by atoms with E-state index in [1.54, 1.807) is 4.72 Å². The molecule has 0 atom stereocenters. The molecule has 1 aliphatic heterocycles. The van der Waals surface area contributed by atoms with Crippen molar-refractivity contribution < 1.29 is 13.2 Å². The minimum Gasteiger partial charge on any atom is -0.306 e. The monoisotopic (exact) mass is 266 g/mol. The van der Waals surface area contributed by atoms with Crippen molar-refractivity contribution in [3.05, 3.63) is 22.2 Å². The van der Waals surface area contributed by atoms with E-state index in [0.29, 0.717) is 0 Å². The van der Waals surface area contributed by atoms with Crippen LogP contribution in [0.5, 0.6) is 0 Å². The summed E-state index contributed by atoms with van der Waals surface area (Å²) in [7, 11) is -3.84. The number of fused-ring (bicyclic) bond motifs is 1. The molecule has 0 aromatic heterocycles. The van der Waals surface area contributed by atoms with Crippen molar-refractivity contribution in [1.82, 2.24) is 4.72 Å². The summed E-state index contributed by atoms with van der Waals surface area (Å²) in [6, 6.07) is 1.65. The van der Waals surface area contributed by atoms with E-state index in [-0.39, 0.29) is 20.6 Å². The van der Waals surface area contributed by atoms with Gasteiger partial charge in [0.2, 0.25) is 0 Å². The highest BCUT2D eigenvalue weighted by Crippen LogP contribution is 2.33. The van der Waals surface area contributed by atoms with E-state index >= 15 is 0 Å². The topological polar surface area (TPSA) is 75.3 Å². The molecule has 1 aromatic rings. The Kier molecular flexibility index (Phi) is 2.29. The molecule has 15 heavy (non-hydrogen) atoms. The van der Waals surface area contributed by atoms with Crippen LogP contribution in [0, 0.1) is 0 Å². The maximum atomic E-state index is 11.5. The summed E-state index contributed by atoms with van der Waals surface area (Å²) in [6.45, 7) is 0. The Morgan fingerprint density at radius 1 is 1.13 bits per heavy atom. The van der Waals surface area contributed by atoms with Gasteiger partial charge in [-0.3, -0.25) is 0 Å². The molecule has 0 unspecified atom stereocenters. The summed E-state index contributed by atoms with van der Waals surface area (Å²) in [6.07, 6.45) is 0. The Morgan fingerprint density at radius 3 is 2.40 bits per heavy atom. The molecule has 1 aliphatic rings. The fourth-order valence-corrected chi connectivity index (χ4v) is 2.64. The Bertz CT molecular complexity index is 556. The van der Waals surface area contributed by atoms with Gasteiger partial charge >= 0.3 is 6.03 Å². The van der Waals surface area contributed by atoms with Crippen LogP contribution in [-0.2, 0) is 10.0 Å². The minimum atomic E-state index is -3.84. The van der Waals surface area contributed by atoms with Crippen molar-refractivity contribution in [2.75, 3.05) is 5.32 Å². The number of carbonyl (C=O) groups excluding carboxylic acids is 1. The first-order valence-corrected chi connectivity index (χ1v) is 5.97. The van der Waals surface area contributed by atoms with Crippen molar-refractivity contribution in [2.24, 2.45) is 0 Å². The van der Waals surface area contributed by atoms with E-state index in [0.717, 1.165) is 0 Å². The average Bonchev–Trinajstić information content (AvgIpc) is 2.07. The van der Waals surface area contributed by atoms with Crippen LogP contribution in [0.3, 0.4) is 0 Å². The summed E-state index contributed by atoms with van der Waals surface area (Å²) in [5.74, 6) is 0. The Balaban J connectivity index is 2.74. The largest absolute Gasteiger partial charge is 0.333 e. The maximum Gasteiger partial charge on any atom is 0.333 e. The Morgan fingerprint density at radius 2 is 1.73 bits per heavy atom. The van der Waals surface area contributed by atoms with Gasteiger partial charge in [-0.05, 0) is 12.1 Å². The number of amides is 2. The molecule has 2 rings (SSSR count). The quantitative estimate of drug-likeness (QED) is 0.752. The molecule has 1 heterocycles. The minimum absolute atomic E-state index is 0.100. The molecule has 1 aromatic carbocycles. The van der Waals surface area contributed by atoms with Crippen LogP contribution < -0.4 is 10.0 Å². The third-order valence-electron chi connectivity index (χ3n) is 1.79. The molecular formula is C7H4Cl2N2O3S. The molecule has 8 heteroatoms. The van der Waals surface area contributed by atoms with E-state index in [2.05, 4.69) is 5.32 Å². The van der Waals surface area contributed by atoms with Crippen LogP contribution in [0.15, 0.2) is 17.0 Å². The maximum absolute atomic E-state index is 11.5. The summed E-state index contributed by atoms with van der Waals surface area (Å²) in [4.78, 5) is 10.9. The molecule has 80 valence electrons. The first-order valence-electron chi connectivity index (χ1n) is 3.73. The van der Waals surface area contributed by atoms with E-state index < -0.39 is 16.1 Å². The number of carbonyl (C=O) groups is 1. The van der Waals surface area contributed by atoms with Crippen LogP contribution in [-0.4, -0.2) is 14.4 Å². The number of sulfonamides is 1. The lowest BCUT2D eigenvalue weighted by Gasteiger charge is -2.18. The molecule has 0 aliphatic carbocycles. The fraction of sp³-hybridized carbons (Fsp3) is 0. The van der Waals surface area contributed by atoms with Crippen molar-refractivity contribution in [2.45, 2.75) is 4.90 Å². The predicted octanol–water partition coefficient (Wildman–Crippen LogP) is 1.82. The molecule has 0 saturated heterocycles. The van der Waals surface area contributed by atoms with Crippen LogP contribution in [0.1, 0.15) is 0 Å². The van der Waals surface area contributed by atoms with Gasteiger partial charge in [-0.15, -0.1) is 0 Å². The summed E-state index contributed by atoms with van der Waals surface area (Å²) < 4.78 is 24.7. The number of hydrogen-bond acceptors (Lipinski definition) is 3. The number of nitrogens with one attached hydrogen (secondary N) is 2. The number of urea groups is 1. The second-order valence-corrected chi connectivity index (χ2v) is 5.29. The van der Waals surface area contributed by atoms with Gasteiger partial charge in [-0.25, -0.2) is 17.9 Å². The predicted molar refractivity (Wildman–Crippen MR) is 55.8 cm³/mol. The zero-order chi connectivity index (χ0) is 11.2. The lowest BCUT2D eigenvalue weighted by atomic mass is 10.3. The molecule has 0 fully saturated rings. The number of anilines is 1. The number of halogens is 2. The van der Waals surface area contributed by atoms with Crippen LogP contribution in [0.4, 0.5) is 10.5 Å². The standard InChI is InChI=1S/C7H4Cl2N2O3S/c8-3-1-5-6(2-4(3)9)15(13,14)11-7(12)10-5/h1-2H,(H2,10,11,12). The summed E-state index contributed by atoms with van der Waals surface area (Å²) in [5, 5.41) is 2.59. The van der Waals surface area contributed by atoms with Crippen molar-refractivity contribution in [1.29, 1.82) is 0 Å². The van der Waals surface area contributed by atoms with Gasteiger partial charge in [-0.2, -0.15) is 0 Å². The third-order valence-corrected chi connectivity index (χ3v) is 3.88. The third kappa shape index (κ3) is 1.75. The summed E-state index contributed by atoms with van der Waals surface area (Å²) >= 11 is 11.4. The van der Waals surface area contributed by atoms with E-state index in [1.807, 2.05) is 0 Å². The number of rotatable bonds is 0. The van der Waals surface area contributed by atoms with Crippen molar-refractivity contribution in [3.63, 3.8) is 0 Å². The highest BCUT2D eigenvalue weighted by Gasteiger charge is 2.28. The van der Waals surface area contributed by atoms with Gasteiger partial charge in [0.25, 0.3) is 10.0 Å². The molecule has 2 N–H and O–H groups in total. The molecule has 0 saturated carbocycles. The molecule has 0 bridgehead atoms. The molecule has 0 radical (unpaired) electrons. The fourth-order valence-electron chi connectivity index (χ4n) is 1.17. The van der Waals surface area contributed by atoms with Gasteiger partial charge < -0.3 is 5.32 Å². The van der Waals surface area contributed by atoms with Crippen LogP contribution in [0.25, 0.3) is 0 Å². The first-order chi connectivity index (χ1) is 6.90. The van der Waals surface area contributed by atoms with Crippen molar-refractivity contribution >= 4 is 44.9 Å². The van der Waals surface area contributed by atoms with Gasteiger partial charge in [0.15, 0.2) is 0 Å². The van der Waals surface area contributed by atoms with E-state index in [4.69, 9.17) is 23.2 Å². The zero-order valence-corrected chi connectivity index (χ0v) is 9.37. The molecule has 0 spiro atoms. The highest BCUT2D eigenvalue weighted by atomic mass is 35.5. The summed E-state index contributed by atoms with van der Waals surface area (Å²) in [5.41, 5.74) is 0.119. The lowest BCUT2D eigenvalue weighted by molar-refractivity contribution is 0.256. The van der Waals surface area contributed by atoms with Gasteiger partial charge in [0.05, 0.1) is 15.7 Å². The molecule has 2 amide bonds. The highest BCUT2D eigenvalue weighted by molar-refractivity contribution is 7.90. The van der Waals surface area contributed by atoms with E-state index in [1.165, 1.54) is 12.1 Å². The Hall–Kier alpha value is -0.980. The van der Waals surface area contributed by atoms with E-state index in [9.17, 15) is 13.2 Å². The number of hydrogen-bond donors (Lipinski definition) is 2. The first kappa shape index (κ1) is 10.5. The van der Waals surface area contributed by atoms with Crippen molar-refractivity contribution in [3.8, 4) is 0 Å². The lowest BCUT2D eigenvalue weighted by Crippen LogP contribution is -2.39. The van der Waals surface area contributed by atoms with Gasteiger partial charge in [0.1, 0.15) is 4.90 Å². The van der Waals surface area contributed by atoms with Gasteiger partial charge in [0, 0.05) is 0 Å². The van der Waals surface area contributed by atoms with Crippen LogP contribution >= 0.6 is 23.2 Å². The van der Waals surface area contributed by atoms with Gasteiger partial charge in [-0.1, -0.05) is 23.2 Å². The Labute approximate surface area is 95.4 Å². The smallest absolute Gasteiger partial charge is 0.306 e. The zero-order valence-electron chi connectivity index (χ0n) is 7.04. The number of benzene rings is 1. The normalized spacial score (nSPS) is 17.6. The second-order valence-electron chi connectivity index (χ2n) is 2.82. The molecular weight excluding hydrogens is 263 g/mol. The average molecular weight is 267 g/mol. The van der Waals surface area contributed by atoms with Crippen LogP contribution in [0.2, 0.25) is 10.0 Å².